The number of likely N-dealkylation sites (tertiary alicyclic amines) is 1. The molecule has 2 aliphatic heterocycles. The SMILES string of the molecule is C=CCN1CCC[C@H]1C(=O)N1CCCN(C(=O)C23CC4CC(CC(C4)C2)C3)CC1. The fourth-order valence-corrected chi connectivity index (χ4v) is 7.75. The van der Waals surface area contributed by atoms with Crippen LogP contribution in [0, 0.1) is 23.2 Å². The van der Waals surface area contributed by atoms with Gasteiger partial charge in [0.25, 0.3) is 0 Å². The predicted molar refractivity (Wildman–Crippen MR) is 113 cm³/mol. The summed E-state index contributed by atoms with van der Waals surface area (Å²) in [5, 5.41) is 0. The molecule has 6 rings (SSSR count). The molecule has 5 heteroatoms. The Morgan fingerprint density at radius 2 is 1.48 bits per heavy atom. The largest absolute Gasteiger partial charge is 0.340 e. The van der Waals surface area contributed by atoms with Crippen LogP contribution in [0.15, 0.2) is 12.7 Å². The average molecular weight is 400 g/mol. The van der Waals surface area contributed by atoms with Crippen molar-refractivity contribution in [3.63, 3.8) is 0 Å². The van der Waals surface area contributed by atoms with Crippen LogP contribution in [0.3, 0.4) is 0 Å². The standard InChI is InChI=1S/C24H37N3O2/c1-2-6-25-7-3-5-21(25)22(28)26-8-4-9-27(11-10-26)23(29)24-15-18-12-19(16-24)14-20(13-18)17-24/h2,18-21H,1,3-17H2/t18?,19?,20?,21-,24?/m0/s1. The lowest BCUT2D eigenvalue weighted by atomic mass is 9.49. The van der Waals surface area contributed by atoms with Crippen LogP contribution in [0.5, 0.6) is 0 Å². The molecule has 0 aromatic carbocycles. The number of carbonyl (C=O) groups excluding carboxylic acids is 2. The van der Waals surface area contributed by atoms with Gasteiger partial charge in [-0.3, -0.25) is 14.5 Å². The van der Waals surface area contributed by atoms with E-state index in [1.165, 1.54) is 19.3 Å². The first kappa shape index (κ1) is 19.6. The molecule has 2 amide bonds. The highest BCUT2D eigenvalue weighted by Gasteiger charge is 2.55. The van der Waals surface area contributed by atoms with Crippen LogP contribution >= 0.6 is 0 Å². The van der Waals surface area contributed by atoms with Crippen molar-refractivity contribution >= 4 is 11.8 Å². The summed E-state index contributed by atoms with van der Waals surface area (Å²) in [4.78, 5) is 33.3. The maximum atomic E-state index is 13.7. The second-order valence-electron chi connectivity index (χ2n) is 10.6. The Bertz CT molecular complexity index is 640. The predicted octanol–water partition coefficient (Wildman–Crippen LogP) is 2.91. The van der Waals surface area contributed by atoms with Gasteiger partial charge in [-0.05, 0) is 82.1 Å². The Morgan fingerprint density at radius 1 is 0.862 bits per heavy atom. The first-order valence-electron chi connectivity index (χ1n) is 12.0. The molecular weight excluding hydrogens is 362 g/mol. The Kier molecular flexibility index (Phi) is 5.21. The fourth-order valence-electron chi connectivity index (χ4n) is 7.75. The van der Waals surface area contributed by atoms with Gasteiger partial charge in [0.15, 0.2) is 0 Å². The third-order valence-corrected chi connectivity index (χ3v) is 8.60. The summed E-state index contributed by atoms with van der Waals surface area (Å²) in [5.41, 5.74) is -0.0554. The van der Waals surface area contributed by atoms with Crippen molar-refractivity contribution in [1.29, 1.82) is 0 Å². The second-order valence-corrected chi connectivity index (χ2v) is 10.6. The minimum absolute atomic E-state index is 0.0124. The van der Waals surface area contributed by atoms with Gasteiger partial charge in [0.1, 0.15) is 0 Å². The highest BCUT2D eigenvalue weighted by Crippen LogP contribution is 2.60. The third-order valence-electron chi connectivity index (χ3n) is 8.60. The Balaban J connectivity index is 1.23. The van der Waals surface area contributed by atoms with E-state index in [4.69, 9.17) is 0 Å². The van der Waals surface area contributed by atoms with Crippen LogP contribution in [0.4, 0.5) is 0 Å². The monoisotopic (exact) mass is 399 g/mol. The zero-order valence-electron chi connectivity index (χ0n) is 17.9. The molecule has 2 heterocycles. The summed E-state index contributed by atoms with van der Waals surface area (Å²) >= 11 is 0. The van der Waals surface area contributed by atoms with E-state index in [0.29, 0.717) is 12.5 Å². The molecule has 4 aliphatic carbocycles. The first-order valence-corrected chi connectivity index (χ1v) is 12.0. The van der Waals surface area contributed by atoms with Crippen LogP contribution < -0.4 is 0 Å². The smallest absolute Gasteiger partial charge is 0.239 e. The van der Waals surface area contributed by atoms with Crippen LogP contribution in [0.25, 0.3) is 0 Å². The highest BCUT2D eigenvalue weighted by molar-refractivity contribution is 5.84. The molecule has 0 unspecified atom stereocenters. The lowest BCUT2D eigenvalue weighted by Crippen LogP contribution is -2.55. The number of rotatable bonds is 4. The number of hydrogen-bond donors (Lipinski definition) is 0. The van der Waals surface area contributed by atoms with Gasteiger partial charge in [-0.2, -0.15) is 0 Å². The molecule has 6 fully saturated rings. The summed E-state index contributed by atoms with van der Waals surface area (Å²) in [7, 11) is 0. The topological polar surface area (TPSA) is 43.9 Å². The zero-order chi connectivity index (χ0) is 20.0. The minimum atomic E-state index is -0.0554. The van der Waals surface area contributed by atoms with Gasteiger partial charge in [0, 0.05) is 32.7 Å². The molecule has 0 radical (unpaired) electrons. The Hall–Kier alpha value is -1.36. The third kappa shape index (κ3) is 3.54. The summed E-state index contributed by atoms with van der Waals surface area (Å²) in [6.07, 6.45) is 12.4. The van der Waals surface area contributed by atoms with Crippen LogP contribution in [0.1, 0.15) is 57.8 Å². The van der Waals surface area contributed by atoms with E-state index in [2.05, 4.69) is 16.4 Å². The average Bonchev–Trinajstić information content (AvgIpc) is 3.01. The molecule has 2 saturated heterocycles. The molecule has 0 aromatic rings. The van der Waals surface area contributed by atoms with Gasteiger partial charge in [-0.15, -0.1) is 6.58 Å². The first-order chi connectivity index (χ1) is 14.1. The molecule has 5 nitrogen and oxygen atoms in total. The molecule has 0 aromatic heterocycles. The van der Waals surface area contributed by atoms with Gasteiger partial charge < -0.3 is 9.80 Å². The fraction of sp³-hybridized carbons (Fsp3) is 0.833. The summed E-state index contributed by atoms with van der Waals surface area (Å²) in [5.74, 6) is 3.10. The van der Waals surface area contributed by atoms with Crippen molar-refractivity contribution in [1.82, 2.24) is 14.7 Å². The number of nitrogens with zero attached hydrogens (tertiary/aromatic N) is 3. The van der Waals surface area contributed by atoms with E-state index < -0.39 is 0 Å². The van der Waals surface area contributed by atoms with E-state index in [-0.39, 0.29) is 17.4 Å². The Labute approximate surface area is 175 Å². The van der Waals surface area contributed by atoms with Crippen LogP contribution in [0.2, 0.25) is 0 Å². The molecule has 4 bridgehead atoms. The number of amides is 2. The van der Waals surface area contributed by atoms with Gasteiger partial charge in [-0.25, -0.2) is 0 Å². The zero-order valence-corrected chi connectivity index (χ0v) is 17.9. The molecule has 6 aliphatic rings. The summed E-state index contributed by atoms with van der Waals surface area (Å²) < 4.78 is 0. The van der Waals surface area contributed by atoms with Crippen molar-refractivity contribution in [2.75, 3.05) is 39.3 Å². The van der Waals surface area contributed by atoms with E-state index in [1.54, 1.807) is 0 Å². The highest BCUT2D eigenvalue weighted by atomic mass is 16.2. The number of carbonyl (C=O) groups is 2. The Morgan fingerprint density at radius 3 is 2.14 bits per heavy atom. The maximum Gasteiger partial charge on any atom is 0.239 e. The van der Waals surface area contributed by atoms with Crippen molar-refractivity contribution in [2.45, 2.75) is 63.8 Å². The van der Waals surface area contributed by atoms with E-state index in [0.717, 1.165) is 89.0 Å². The van der Waals surface area contributed by atoms with Crippen molar-refractivity contribution in [2.24, 2.45) is 23.2 Å². The van der Waals surface area contributed by atoms with Gasteiger partial charge in [0.05, 0.1) is 11.5 Å². The van der Waals surface area contributed by atoms with E-state index >= 15 is 0 Å². The summed E-state index contributed by atoms with van der Waals surface area (Å²) in [6.45, 7) is 8.67. The maximum absolute atomic E-state index is 13.7. The quantitative estimate of drug-likeness (QED) is 0.683. The molecule has 29 heavy (non-hydrogen) atoms. The summed E-state index contributed by atoms with van der Waals surface area (Å²) in [6, 6.07) is 0.0124. The van der Waals surface area contributed by atoms with E-state index in [1.807, 2.05) is 11.0 Å². The van der Waals surface area contributed by atoms with Gasteiger partial charge >= 0.3 is 0 Å². The van der Waals surface area contributed by atoms with Crippen molar-refractivity contribution in [3.8, 4) is 0 Å². The second kappa shape index (κ2) is 7.72. The molecule has 1 atom stereocenters. The molecule has 160 valence electrons. The lowest BCUT2D eigenvalue weighted by Gasteiger charge is -2.56. The van der Waals surface area contributed by atoms with E-state index in [9.17, 15) is 9.59 Å². The van der Waals surface area contributed by atoms with Crippen LogP contribution in [-0.2, 0) is 9.59 Å². The normalized spacial score (nSPS) is 39.6. The molecule has 4 saturated carbocycles. The minimum Gasteiger partial charge on any atom is -0.340 e. The lowest BCUT2D eigenvalue weighted by molar-refractivity contribution is -0.157. The van der Waals surface area contributed by atoms with Crippen molar-refractivity contribution in [3.05, 3.63) is 12.7 Å². The van der Waals surface area contributed by atoms with Gasteiger partial charge in [-0.1, -0.05) is 6.08 Å². The molecule has 0 spiro atoms. The van der Waals surface area contributed by atoms with Crippen molar-refractivity contribution < 1.29 is 9.59 Å². The molecular formula is C24H37N3O2. The number of hydrogen-bond acceptors (Lipinski definition) is 3. The van der Waals surface area contributed by atoms with Gasteiger partial charge in [0.2, 0.25) is 11.8 Å². The van der Waals surface area contributed by atoms with Crippen LogP contribution in [-0.4, -0.2) is 71.8 Å². The molecule has 0 N–H and O–H groups in total.